The van der Waals surface area contributed by atoms with Gasteiger partial charge in [0, 0.05) is 26.7 Å². The van der Waals surface area contributed by atoms with Crippen LogP contribution in [-0.2, 0) is 11.3 Å². The van der Waals surface area contributed by atoms with E-state index in [0.29, 0.717) is 18.9 Å². The molecule has 0 unspecified atom stereocenters. The normalized spacial score (nSPS) is 10.1. The van der Waals surface area contributed by atoms with Crippen LogP contribution in [0, 0.1) is 0 Å². The van der Waals surface area contributed by atoms with Gasteiger partial charge in [-0.3, -0.25) is 4.79 Å². The molecular formula is C12H20N4O. The summed E-state index contributed by atoms with van der Waals surface area (Å²) >= 11 is 0. The third-order valence-corrected chi connectivity index (χ3v) is 2.32. The molecule has 5 nitrogen and oxygen atoms in total. The van der Waals surface area contributed by atoms with E-state index in [9.17, 15) is 4.79 Å². The monoisotopic (exact) mass is 236 g/mol. The second kappa shape index (κ2) is 6.83. The number of anilines is 1. The number of hydrogen-bond acceptors (Lipinski definition) is 4. The molecule has 0 fully saturated rings. The molecule has 0 spiro atoms. The van der Waals surface area contributed by atoms with Crippen molar-refractivity contribution < 1.29 is 4.79 Å². The Morgan fingerprint density at radius 3 is 2.88 bits per heavy atom. The lowest BCUT2D eigenvalue weighted by Gasteiger charge is -2.11. The Balaban J connectivity index is 2.46. The first-order chi connectivity index (χ1) is 8.13. The molecule has 0 saturated heterocycles. The summed E-state index contributed by atoms with van der Waals surface area (Å²) < 4.78 is 0. The van der Waals surface area contributed by atoms with Crippen LogP contribution >= 0.6 is 0 Å². The number of hydrogen-bond donors (Lipinski definition) is 1. The van der Waals surface area contributed by atoms with E-state index in [1.165, 1.54) is 0 Å². The van der Waals surface area contributed by atoms with Crippen molar-refractivity contribution in [3.8, 4) is 0 Å². The minimum atomic E-state index is 0.0804. The van der Waals surface area contributed by atoms with E-state index in [1.54, 1.807) is 6.20 Å². The zero-order chi connectivity index (χ0) is 12.7. The maximum Gasteiger partial charge on any atom is 0.225 e. The molecule has 1 amide bonds. The first kappa shape index (κ1) is 13.4. The molecule has 0 saturated carbocycles. The summed E-state index contributed by atoms with van der Waals surface area (Å²) in [6.07, 6.45) is 4.25. The lowest BCUT2D eigenvalue weighted by molar-refractivity contribution is -0.121. The van der Waals surface area contributed by atoms with Gasteiger partial charge in [-0.1, -0.05) is 13.3 Å². The van der Waals surface area contributed by atoms with Gasteiger partial charge in [0.05, 0.1) is 12.2 Å². The number of aromatic nitrogens is 2. The average Bonchev–Trinajstić information content (AvgIpc) is 2.34. The fourth-order valence-electron chi connectivity index (χ4n) is 1.31. The van der Waals surface area contributed by atoms with Crippen molar-refractivity contribution in [1.29, 1.82) is 0 Å². The topological polar surface area (TPSA) is 58.1 Å². The Morgan fingerprint density at radius 1 is 1.47 bits per heavy atom. The molecule has 0 aliphatic heterocycles. The zero-order valence-corrected chi connectivity index (χ0v) is 10.7. The maximum absolute atomic E-state index is 11.4. The fourth-order valence-corrected chi connectivity index (χ4v) is 1.31. The van der Waals surface area contributed by atoms with Gasteiger partial charge in [0.1, 0.15) is 0 Å². The van der Waals surface area contributed by atoms with Crippen molar-refractivity contribution in [3.63, 3.8) is 0 Å². The summed E-state index contributed by atoms with van der Waals surface area (Å²) in [6.45, 7) is 2.53. The third kappa shape index (κ3) is 4.80. The van der Waals surface area contributed by atoms with Crippen molar-refractivity contribution in [2.45, 2.75) is 32.7 Å². The van der Waals surface area contributed by atoms with Gasteiger partial charge in [0.2, 0.25) is 11.9 Å². The molecule has 0 radical (unpaired) electrons. The first-order valence-corrected chi connectivity index (χ1v) is 5.89. The molecule has 0 aliphatic carbocycles. The van der Waals surface area contributed by atoms with E-state index >= 15 is 0 Å². The number of nitrogens with zero attached hydrogens (tertiary/aromatic N) is 3. The largest absolute Gasteiger partial charge is 0.350 e. The Hall–Kier alpha value is -1.65. The molecule has 1 rings (SSSR count). The summed E-state index contributed by atoms with van der Waals surface area (Å²) in [5, 5.41) is 2.85. The van der Waals surface area contributed by atoms with Gasteiger partial charge in [-0.2, -0.15) is 0 Å². The Morgan fingerprint density at radius 2 is 2.24 bits per heavy atom. The lowest BCUT2D eigenvalue weighted by atomic mass is 10.2. The highest BCUT2D eigenvalue weighted by Crippen LogP contribution is 2.03. The average molecular weight is 236 g/mol. The fraction of sp³-hybridized carbons (Fsp3) is 0.583. The van der Waals surface area contributed by atoms with E-state index in [1.807, 2.05) is 25.1 Å². The van der Waals surface area contributed by atoms with E-state index in [0.717, 1.165) is 18.5 Å². The summed E-state index contributed by atoms with van der Waals surface area (Å²) in [4.78, 5) is 21.7. The van der Waals surface area contributed by atoms with Crippen molar-refractivity contribution >= 4 is 11.9 Å². The first-order valence-electron chi connectivity index (χ1n) is 5.89. The molecule has 0 aromatic carbocycles. The second-order valence-corrected chi connectivity index (χ2v) is 4.12. The Bertz CT molecular complexity index is 365. The molecule has 1 aromatic rings. The molecule has 1 aromatic heterocycles. The van der Waals surface area contributed by atoms with Crippen LogP contribution in [0.2, 0.25) is 0 Å². The summed E-state index contributed by atoms with van der Waals surface area (Å²) in [6, 6.07) is 1.81. The zero-order valence-electron chi connectivity index (χ0n) is 10.7. The number of rotatable bonds is 6. The van der Waals surface area contributed by atoms with Crippen LogP contribution in [0.15, 0.2) is 12.3 Å². The van der Waals surface area contributed by atoms with Gasteiger partial charge >= 0.3 is 0 Å². The molecule has 0 atom stereocenters. The van der Waals surface area contributed by atoms with Crippen LogP contribution < -0.4 is 10.2 Å². The molecular weight excluding hydrogens is 216 g/mol. The molecule has 1 heterocycles. The smallest absolute Gasteiger partial charge is 0.225 e. The van der Waals surface area contributed by atoms with Gasteiger partial charge in [-0.15, -0.1) is 0 Å². The molecule has 0 bridgehead atoms. The van der Waals surface area contributed by atoms with Crippen LogP contribution in [0.25, 0.3) is 0 Å². The van der Waals surface area contributed by atoms with Gasteiger partial charge in [0.25, 0.3) is 0 Å². The minimum Gasteiger partial charge on any atom is -0.350 e. The van der Waals surface area contributed by atoms with Gasteiger partial charge < -0.3 is 10.2 Å². The van der Waals surface area contributed by atoms with Gasteiger partial charge in [-0.25, -0.2) is 9.97 Å². The van der Waals surface area contributed by atoms with Crippen LogP contribution in [0.3, 0.4) is 0 Å². The highest BCUT2D eigenvalue weighted by Gasteiger charge is 2.03. The highest BCUT2D eigenvalue weighted by molar-refractivity contribution is 5.75. The predicted octanol–water partition coefficient (Wildman–Crippen LogP) is 1.35. The minimum absolute atomic E-state index is 0.0804. The van der Waals surface area contributed by atoms with Crippen LogP contribution in [0.1, 0.15) is 31.9 Å². The predicted molar refractivity (Wildman–Crippen MR) is 67.7 cm³/mol. The maximum atomic E-state index is 11.4. The molecule has 0 aliphatic rings. The number of carbonyl (C=O) groups is 1. The molecule has 1 N–H and O–H groups in total. The van der Waals surface area contributed by atoms with Crippen LogP contribution in [0.5, 0.6) is 0 Å². The molecule has 17 heavy (non-hydrogen) atoms. The third-order valence-electron chi connectivity index (χ3n) is 2.32. The number of unbranched alkanes of at least 4 members (excludes halogenated alkanes) is 1. The summed E-state index contributed by atoms with van der Waals surface area (Å²) in [5.41, 5.74) is 0.827. The van der Waals surface area contributed by atoms with E-state index in [-0.39, 0.29) is 5.91 Å². The second-order valence-electron chi connectivity index (χ2n) is 4.12. The Kier molecular flexibility index (Phi) is 5.39. The van der Waals surface area contributed by atoms with Crippen molar-refractivity contribution in [2.75, 3.05) is 19.0 Å². The molecule has 94 valence electrons. The molecule has 5 heteroatoms. The van der Waals surface area contributed by atoms with Crippen molar-refractivity contribution in [2.24, 2.45) is 0 Å². The highest BCUT2D eigenvalue weighted by atomic mass is 16.1. The lowest BCUT2D eigenvalue weighted by Crippen LogP contribution is -2.23. The Labute approximate surface area is 102 Å². The van der Waals surface area contributed by atoms with E-state index < -0.39 is 0 Å². The number of carbonyl (C=O) groups excluding carboxylic acids is 1. The van der Waals surface area contributed by atoms with Crippen molar-refractivity contribution in [1.82, 2.24) is 15.3 Å². The van der Waals surface area contributed by atoms with E-state index in [4.69, 9.17) is 0 Å². The summed E-state index contributed by atoms with van der Waals surface area (Å²) in [7, 11) is 3.78. The van der Waals surface area contributed by atoms with Gasteiger partial charge in [-0.05, 0) is 12.5 Å². The number of nitrogens with one attached hydrogen (secondary N) is 1. The summed E-state index contributed by atoms with van der Waals surface area (Å²) in [5.74, 6) is 0.738. The van der Waals surface area contributed by atoms with Crippen LogP contribution in [0.4, 0.5) is 5.95 Å². The quantitative estimate of drug-likeness (QED) is 0.810. The van der Waals surface area contributed by atoms with E-state index in [2.05, 4.69) is 22.2 Å². The SMILES string of the molecule is CCCCC(=O)NCc1ccnc(N(C)C)n1. The standard InChI is InChI=1S/C12H20N4O/c1-4-5-6-11(17)14-9-10-7-8-13-12(15-10)16(2)3/h7-8H,4-6,9H2,1-3H3,(H,14,17). The van der Waals surface area contributed by atoms with Gasteiger partial charge in [0.15, 0.2) is 0 Å². The van der Waals surface area contributed by atoms with Crippen LogP contribution in [-0.4, -0.2) is 30.0 Å². The van der Waals surface area contributed by atoms with Crippen molar-refractivity contribution in [3.05, 3.63) is 18.0 Å². The number of amides is 1.